The van der Waals surface area contributed by atoms with Crippen LogP contribution >= 0.6 is 11.8 Å². The Hall–Kier alpha value is -2.13. The van der Waals surface area contributed by atoms with E-state index in [0.717, 1.165) is 17.0 Å². The summed E-state index contributed by atoms with van der Waals surface area (Å²) in [5.41, 5.74) is 0.0326. The Labute approximate surface area is 147 Å². The number of benzene rings is 2. The van der Waals surface area contributed by atoms with E-state index in [4.69, 9.17) is 0 Å². The molecule has 1 aliphatic heterocycles. The van der Waals surface area contributed by atoms with Crippen molar-refractivity contribution in [3.8, 4) is 0 Å². The summed E-state index contributed by atoms with van der Waals surface area (Å²) in [5, 5.41) is 2.74. The summed E-state index contributed by atoms with van der Waals surface area (Å²) >= 11 is 1.46. The first-order chi connectivity index (χ1) is 11.7. The number of sulfonamides is 1. The molecule has 25 heavy (non-hydrogen) atoms. The average molecular weight is 384 g/mol. The fourth-order valence-electron chi connectivity index (χ4n) is 2.37. The number of hydrogen-bond donors (Lipinski definition) is 2. The van der Waals surface area contributed by atoms with Crippen molar-refractivity contribution >= 4 is 39.1 Å². The highest BCUT2D eigenvalue weighted by Gasteiger charge is 2.23. The molecule has 0 spiro atoms. The molecule has 0 fully saturated rings. The van der Waals surface area contributed by atoms with Crippen molar-refractivity contribution in [2.45, 2.75) is 28.4 Å². The molecule has 1 aliphatic rings. The first-order valence-corrected chi connectivity index (χ1v) is 9.69. The Morgan fingerprint density at radius 3 is 2.68 bits per heavy atom. The number of amides is 1. The lowest BCUT2D eigenvalue weighted by Crippen LogP contribution is -2.16. The molecule has 0 radical (unpaired) electrons. The molecule has 132 valence electrons. The smallest absolute Gasteiger partial charge is 0.262 e. The second-order valence-corrected chi connectivity index (χ2v) is 8.73. The first kappa shape index (κ1) is 17.7. The lowest BCUT2D eigenvalue weighted by molar-refractivity contribution is -0.116. The molecule has 2 N–H and O–H groups in total. The maximum Gasteiger partial charge on any atom is 0.262 e. The monoisotopic (exact) mass is 384 g/mol. The number of fused-ring (bicyclic) bond motifs is 1. The van der Waals surface area contributed by atoms with Crippen LogP contribution in [0.1, 0.15) is 13.3 Å². The molecule has 0 saturated heterocycles. The van der Waals surface area contributed by atoms with E-state index in [0.29, 0.717) is 18.2 Å². The van der Waals surface area contributed by atoms with Crippen LogP contribution in [0.25, 0.3) is 0 Å². The number of carbonyl (C=O) groups is 1. The third-order valence-corrected chi connectivity index (χ3v) is 6.05. The highest BCUT2D eigenvalue weighted by atomic mass is 32.2. The van der Waals surface area contributed by atoms with E-state index in [1.807, 2.05) is 6.92 Å². The maximum atomic E-state index is 13.7. The fraction of sp³-hybridized carbons (Fsp3) is 0.188. The van der Waals surface area contributed by atoms with Crippen molar-refractivity contribution in [2.24, 2.45) is 0 Å². The Morgan fingerprint density at radius 2 is 1.96 bits per heavy atom. The summed E-state index contributed by atoms with van der Waals surface area (Å²) in [6, 6.07) is 6.84. The van der Waals surface area contributed by atoms with Crippen molar-refractivity contribution in [1.29, 1.82) is 0 Å². The average Bonchev–Trinajstić information content (AvgIpc) is 2.65. The predicted molar refractivity (Wildman–Crippen MR) is 92.2 cm³/mol. The molecule has 2 aromatic carbocycles. The molecule has 5 nitrogen and oxygen atoms in total. The molecule has 0 unspecified atom stereocenters. The van der Waals surface area contributed by atoms with Gasteiger partial charge in [0.05, 0.1) is 16.3 Å². The Kier molecular flexibility index (Phi) is 4.70. The van der Waals surface area contributed by atoms with Gasteiger partial charge in [-0.3, -0.25) is 9.52 Å². The molecule has 1 amide bonds. The zero-order valence-corrected chi connectivity index (χ0v) is 14.7. The zero-order chi connectivity index (χ0) is 18.2. The Balaban J connectivity index is 1.94. The number of halogens is 2. The van der Waals surface area contributed by atoms with Crippen molar-refractivity contribution in [2.75, 3.05) is 10.0 Å². The van der Waals surface area contributed by atoms with E-state index in [1.165, 1.54) is 23.9 Å². The number of nitrogens with one attached hydrogen (secondary N) is 2. The predicted octanol–water partition coefficient (Wildman–Crippen LogP) is 3.59. The third kappa shape index (κ3) is 3.93. The van der Waals surface area contributed by atoms with Gasteiger partial charge in [0.2, 0.25) is 5.91 Å². The summed E-state index contributed by atoms with van der Waals surface area (Å²) in [7, 11) is -4.10. The van der Waals surface area contributed by atoms with Gasteiger partial charge in [-0.1, -0.05) is 6.92 Å². The number of carbonyl (C=O) groups excluding carboxylic acids is 1. The molecule has 0 bridgehead atoms. The summed E-state index contributed by atoms with van der Waals surface area (Å²) in [6.45, 7) is 1.91. The van der Waals surface area contributed by atoms with Crippen LogP contribution in [0.3, 0.4) is 0 Å². The summed E-state index contributed by atoms with van der Waals surface area (Å²) in [5.74, 6) is -2.03. The molecule has 0 aromatic heterocycles. The molecule has 3 rings (SSSR count). The summed E-state index contributed by atoms with van der Waals surface area (Å²) < 4.78 is 53.6. The lowest BCUT2D eigenvalue weighted by atomic mass is 10.3. The SMILES string of the molecule is C[C@@H]1CC(=O)Nc2cc(S(=O)(=O)Nc3ccc(F)cc3F)ccc2S1. The van der Waals surface area contributed by atoms with Crippen LogP contribution in [0, 0.1) is 11.6 Å². The highest BCUT2D eigenvalue weighted by molar-refractivity contribution is 8.00. The van der Waals surface area contributed by atoms with Gasteiger partial charge in [-0.2, -0.15) is 0 Å². The van der Waals surface area contributed by atoms with Crippen LogP contribution in [0.5, 0.6) is 0 Å². The number of thioether (sulfide) groups is 1. The number of rotatable bonds is 3. The maximum absolute atomic E-state index is 13.7. The molecule has 0 saturated carbocycles. The quantitative estimate of drug-likeness (QED) is 0.848. The third-order valence-electron chi connectivity index (χ3n) is 3.51. The van der Waals surface area contributed by atoms with Gasteiger partial charge in [0, 0.05) is 22.6 Å². The minimum Gasteiger partial charge on any atom is -0.325 e. The first-order valence-electron chi connectivity index (χ1n) is 7.33. The van der Waals surface area contributed by atoms with Gasteiger partial charge < -0.3 is 5.32 Å². The van der Waals surface area contributed by atoms with Crippen LogP contribution < -0.4 is 10.0 Å². The van der Waals surface area contributed by atoms with E-state index in [2.05, 4.69) is 10.0 Å². The molecule has 1 heterocycles. The van der Waals surface area contributed by atoms with Gasteiger partial charge in [-0.15, -0.1) is 11.8 Å². The lowest BCUT2D eigenvalue weighted by Gasteiger charge is -2.12. The van der Waals surface area contributed by atoms with E-state index >= 15 is 0 Å². The molecule has 0 aliphatic carbocycles. The molecule has 9 heteroatoms. The van der Waals surface area contributed by atoms with E-state index in [1.54, 1.807) is 6.07 Å². The largest absolute Gasteiger partial charge is 0.325 e. The van der Waals surface area contributed by atoms with E-state index < -0.39 is 21.7 Å². The Morgan fingerprint density at radius 1 is 1.20 bits per heavy atom. The highest BCUT2D eigenvalue weighted by Crippen LogP contribution is 2.36. The van der Waals surface area contributed by atoms with E-state index in [-0.39, 0.29) is 21.7 Å². The Bertz CT molecular complexity index is 948. The summed E-state index contributed by atoms with van der Waals surface area (Å²) in [6.07, 6.45) is 0.320. The van der Waals surface area contributed by atoms with Crippen molar-refractivity contribution in [3.05, 3.63) is 48.0 Å². The second-order valence-electron chi connectivity index (χ2n) is 5.57. The molecular formula is C16H14F2N2O3S2. The minimum absolute atomic E-state index is 0.0649. The summed E-state index contributed by atoms with van der Waals surface area (Å²) in [4.78, 5) is 12.4. The molecule has 1 atom stereocenters. The second kappa shape index (κ2) is 6.64. The minimum atomic E-state index is -4.10. The normalized spacial score (nSPS) is 17.4. The van der Waals surface area contributed by atoms with Crippen LogP contribution in [-0.2, 0) is 14.8 Å². The van der Waals surface area contributed by atoms with Gasteiger partial charge >= 0.3 is 0 Å². The van der Waals surface area contributed by atoms with Gasteiger partial charge in [0.15, 0.2) is 0 Å². The van der Waals surface area contributed by atoms with Gasteiger partial charge in [0.25, 0.3) is 10.0 Å². The molecule has 2 aromatic rings. The van der Waals surface area contributed by atoms with Crippen molar-refractivity contribution in [1.82, 2.24) is 0 Å². The standard InChI is InChI=1S/C16H14F2N2O3S2/c1-9-6-16(21)19-14-8-11(3-5-15(14)24-9)25(22,23)20-13-4-2-10(17)7-12(13)18/h2-5,7-9,20H,6H2,1H3,(H,19,21)/t9-/m1/s1. The number of anilines is 2. The topological polar surface area (TPSA) is 75.3 Å². The number of hydrogen-bond acceptors (Lipinski definition) is 4. The van der Waals surface area contributed by atoms with Crippen LogP contribution in [0.4, 0.5) is 20.2 Å². The van der Waals surface area contributed by atoms with Gasteiger partial charge in [0.1, 0.15) is 11.6 Å². The molecular weight excluding hydrogens is 370 g/mol. The fourth-order valence-corrected chi connectivity index (χ4v) is 4.52. The van der Waals surface area contributed by atoms with Crippen molar-refractivity contribution in [3.63, 3.8) is 0 Å². The zero-order valence-electron chi connectivity index (χ0n) is 13.0. The van der Waals surface area contributed by atoms with Crippen LogP contribution in [0.15, 0.2) is 46.2 Å². The van der Waals surface area contributed by atoms with Crippen LogP contribution in [-0.4, -0.2) is 19.6 Å². The van der Waals surface area contributed by atoms with Crippen molar-refractivity contribution < 1.29 is 22.0 Å². The van der Waals surface area contributed by atoms with Crippen LogP contribution in [0.2, 0.25) is 0 Å². The van der Waals surface area contributed by atoms with Gasteiger partial charge in [-0.25, -0.2) is 17.2 Å². The van der Waals surface area contributed by atoms with E-state index in [9.17, 15) is 22.0 Å². The van der Waals surface area contributed by atoms with Gasteiger partial charge in [-0.05, 0) is 30.3 Å².